The van der Waals surface area contributed by atoms with E-state index < -0.39 is 0 Å². The molecule has 0 saturated carbocycles. The molecule has 0 spiro atoms. The van der Waals surface area contributed by atoms with Gasteiger partial charge in [-0.3, -0.25) is 9.98 Å². The highest BCUT2D eigenvalue weighted by Gasteiger charge is 2.16. The van der Waals surface area contributed by atoms with Crippen molar-refractivity contribution in [3.8, 4) is 17.1 Å². The minimum absolute atomic E-state index is 0.155. The minimum Gasteiger partial charge on any atom is -0.352 e. The third kappa shape index (κ3) is 3.85. The lowest BCUT2D eigenvalue weighted by atomic mass is 10.1. The van der Waals surface area contributed by atoms with E-state index in [2.05, 4.69) is 83.3 Å². The first-order valence-corrected chi connectivity index (χ1v) is 10.8. The molecule has 1 aromatic heterocycles. The van der Waals surface area contributed by atoms with Gasteiger partial charge in [0.05, 0.1) is 45.4 Å². The van der Waals surface area contributed by atoms with E-state index in [-0.39, 0.29) is 6.04 Å². The summed E-state index contributed by atoms with van der Waals surface area (Å²) in [5.41, 5.74) is 7.84. The van der Waals surface area contributed by atoms with Gasteiger partial charge in [0, 0.05) is 17.4 Å². The van der Waals surface area contributed by atoms with Crippen LogP contribution < -0.4 is 10.7 Å². The van der Waals surface area contributed by atoms with Gasteiger partial charge in [-0.15, -0.1) is 0 Å². The van der Waals surface area contributed by atoms with Crippen molar-refractivity contribution >= 4 is 22.4 Å². The molecule has 5 rings (SSSR count). The zero-order valence-electron chi connectivity index (χ0n) is 18.4. The SMILES string of the molecule is Cc1ccc(Nc2cc3nc4ccccc4n(-c4ccccc4)c-3cc2=NC(C)C)cn1. The van der Waals surface area contributed by atoms with Crippen molar-refractivity contribution in [1.82, 2.24) is 14.5 Å². The lowest BCUT2D eigenvalue weighted by molar-refractivity contribution is 0.806. The Labute approximate surface area is 187 Å². The number of pyridine rings is 1. The van der Waals surface area contributed by atoms with Crippen molar-refractivity contribution in [2.24, 2.45) is 4.99 Å². The summed E-state index contributed by atoms with van der Waals surface area (Å²) in [4.78, 5) is 14.3. The smallest absolute Gasteiger partial charge is 0.0900 e. The first-order valence-electron chi connectivity index (χ1n) is 10.8. The maximum absolute atomic E-state index is 4.98. The highest BCUT2D eigenvalue weighted by molar-refractivity contribution is 5.84. The van der Waals surface area contributed by atoms with Gasteiger partial charge >= 0.3 is 0 Å². The number of anilines is 2. The summed E-state index contributed by atoms with van der Waals surface area (Å²) in [7, 11) is 0. The average molecular weight is 420 g/mol. The molecular weight excluding hydrogens is 394 g/mol. The van der Waals surface area contributed by atoms with Crippen molar-refractivity contribution in [3.63, 3.8) is 0 Å². The van der Waals surface area contributed by atoms with Gasteiger partial charge in [-0.1, -0.05) is 30.3 Å². The molecule has 0 fully saturated rings. The highest BCUT2D eigenvalue weighted by atomic mass is 15.0. The Hall–Kier alpha value is -3.99. The molecule has 0 amide bonds. The van der Waals surface area contributed by atoms with E-state index in [0.717, 1.165) is 50.5 Å². The molecule has 0 unspecified atom stereocenters. The predicted molar refractivity (Wildman–Crippen MR) is 131 cm³/mol. The van der Waals surface area contributed by atoms with E-state index >= 15 is 0 Å². The van der Waals surface area contributed by atoms with E-state index in [4.69, 9.17) is 9.98 Å². The normalized spacial score (nSPS) is 12.1. The van der Waals surface area contributed by atoms with E-state index in [9.17, 15) is 0 Å². The maximum Gasteiger partial charge on any atom is 0.0900 e. The zero-order valence-corrected chi connectivity index (χ0v) is 18.4. The number of benzene rings is 3. The highest BCUT2D eigenvalue weighted by Crippen LogP contribution is 2.30. The molecule has 0 atom stereocenters. The van der Waals surface area contributed by atoms with E-state index in [1.54, 1.807) is 0 Å². The lowest BCUT2D eigenvalue weighted by Crippen LogP contribution is -2.16. The first-order chi connectivity index (χ1) is 15.6. The van der Waals surface area contributed by atoms with Crippen LogP contribution in [0.2, 0.25) is 0 Å². The molecule has 5 heteroatoms. The first kappa shape index (κ1) is 19.9. The molecule has 2 heterocycles. The van der Waals surface area contributed by atoms with Crippen molar-refractivity contribution in [2.45, 2.75) is 26.8 Å². The average Bonchev–Trinajstić information content (AvgIpc) is 2.80. The number of fused-ring (bicyclic) bond motifs is 2. The van der Waals surface area contributed by atoms with Crippen LogP contribution in [0.3, 0.4) is 0 Å². The Morgan fingerprint density at radius 3 is 2.44 bits per heavy atom. The monoisotopic (exact) mass is 419 g/mol. The second-order valence-corrected chi connectivity index (χ2v) is 8.17. The van der Waals surface area contributed by atoms with Crippen LogP contribution in [0.25, 0.3) is 28.1 Å². The molecule has 32 heavy (non-hydrogen) atoms. The van der Waals surface area contributed by atoms with Crippen LogP contribution >= 0.6 is 0 Å². The second kappa shape index (κ2) is 8.27. The van der Waals surface area contributed by atoms with Crippen LogP contribution in [0, 0.1) is 6.92 Å². The summed E-state index contributed by atoms with van der Waals surface area (Å²) < 4.78 is 2.26. The molecule has 1 aliphatic carbocycles. The lowest BCUT2D eigenvalue weighted by Gasteiger charge is -2.20. The number of rotatable bonds is 4. The fourth-order valence-corrected chi connectivity index (χ4v) is 3.88. The summed E-state index contributed by atoms with van der Waals surface area (Å²) in [6.07, 6.45) is 1.84. The molecular formula is C27H25N5. The summed E-state index contributed by atoms with van der Waals surface area (Å²) in [6.45, 7) is 6.16. The minimum atomic E-state index is 0.155. The Morgan fingerprint density at radius 2 is 1.69 bits per heavy atom. The van der Waals surface area contributed by atoms with Gasteiger partial charge in [0.1, 0.15) is 0 Å². The molecule has 5 nitrogen and oxygen atoms in total. The predicted octanol–water partition coefficient (Wildman–Crippen LogP) is 5.89. The van der Waals surface area contributed by atoms with E-state index in [1.165, 1.54) is 0 Å². The van der Waals surface area contributed by atoms with Gasteiger partial charge in [-0.2, -0.15) is 0 Å². The van der Waals surface area contributed by atoms with Crippen molar-refractivity contribution in [3.05, 3.63) is 96.1 Å². The van der Waals surface area contributed by atoms with Crippen LogP contribution in [0.15, 0.2) is 90.1 Å². The number of nitrogens with one attached hydrogen (secondary N) is 1. The van der Waals surface area contributed by atoms with E-state index in [1.807, 2.05) is 37.4 Å². The van der Waals surface area contributed by atoms with Crippen LogP contribution in [0.5, 0.6) is 0 Å². The van der Waals surface area contributed by atoms with Crippen LogP contribution in [-0.2, 0) is 0 Å². The van der Waals surface area contributed by atoms with Crippen molar-refractivity contribution < 1.29 is 0 Å². The standard InChI is InChI=1S/C27H25N5/c1-18(2)29-24-16-27-25(15-23(24)30-20-14-13-19(3)28-17-20)31-22-11-7-8-12-26(22)32(27)21-9-5-4-6-10-21/h4-18,30H,1-3H3. The fourth-order valence-electron chi connectivity index (χ4n) is 3.88. The van der Waals surface area contributed by atoms with Gasteiger partial charge in [-0.05, 0) is 69.3 Å². The van der Waals surface area contributed by atoms with Crippen LogP contribution in [-0.4, -0.2) is 20.6 Å². The van der Waals surface area contributed by atoms with E-state index in [0.29, 0.717) is 0 Å². The van der Waals surface area contributed by atoms with Crippen LogP contribution in [0.4, 0.5) is 11.4 Å². The molecule has 0 bridgehead atoms. The van der Waals surface area contributed by atoms with Gasteiger partial charge in [0.25, 0.3) is 0 Å². The molecule has 3 aromatic rings. The molecule has 158 valence electrons. The quantitative estimate of drug-likeness (QED) is 0.370. The summed E-state index contributed by atoms with van der Waals surface area (Å²) in [5.74, 6) is 0. The molecule has 2 aromatic carbocycles. The number of para-hydroxylation sites is 3. The Bertz CT molecular complexity index is 1420. The summed E-state index contributed by atoms with van der Waals surface area (Å²) in [5, 5.41) is 4.40. The topological polar surface area (TPSA) is 55.1 Å². The van der Waals surface area contributed by atoms with Crippen molar-refractivity contribution in [2.75, 3.05) is 5.32 Å². The Kier molecular flexibility index (Phi) is 5.15. The molecule has 2 aliphatic rings. The number of aromatic nitrogens is 3. The third-order valence-electron chi connectivity index (χ3n) is 5.30. The van der Waals surface area contributed by atoms with Crippen molar-refractivity contribution in [1.29, 1.82) is 0 Å². The summed E-state index contributed by atoms with van der Waals surface area (Å²) in [6, 6.07) is 27.0. The fraction of sp³-hybridized carbons (Fsp3) is 0.148. The largest absolute Gasteiger partial charge is 0.352 e. The van der Waals surface area contributed by atoms with Gasteiger partial charge in [0.2, 0.25) is 0 Å². The molecule has 1 aliphatic heterocycles. The molecule has 1 N–H and O–H groups in total. The van der Waals surface area contributed by atoms with Crippen LogP contribution in [0.1, 0.15) is 19.5 Å². The van der Waals surface area contributed by atoms with Gasteiger partial charge in [0.15, 0.2) is 0 Å². The number of nitrogens with zero attached hydrogens (tertiary/aromatic N) is 4. The number of hydrogen-bond acceptors (Lipinski definition) is 4. The second-order valence-electron chi connectivity index (χ2n) is 8.17. The maximum atomic E-state index is 4.98. The Morgan fingerprint density at radius 1 is 0.906 bits per heavy atom. The number of hydrogen-bond donors (Lipinski definition) is 1. The van der Waals surface area contributed by atoms with Gasteiger partial charge < -0.3 is 9.88 Å². The summed E-state index contributed by atoms with van der Waals surface area (Å²) >= 11 is 0. The molecule has 0 radical (unpaired) electrons. The number of aryl methyl sites for hydroxylation is 1. The zero-order chi connectivity index (χ0) is 22.1. The Balaban J connectivity index is 1.81. The van der Waals surface area contributed by atoms with Gasteiger partial charge in [-0.25, -0.2) is 4.98 Å². The third-order valence-corrected chi connectivity index (χ3v) is 5.30. The molecule has 0 saturated heterocycles.